The van der Waals surface area contributed by atoms with Crippen molar-refractivity contribution in [3.63, 3.8) is 0 Å². The first-order valence-corrected chi connectivity index (χ1v) is 7.03. The minimum absolute atomic E-state index is 0.363. The standard InChI is InChI=1S/C15H30N2/c1-13(7-6-10-16-5)17-11-8-14(9-12-17)15(2,3)4/h8,13,16H,6-7,9-12H2,1-5H3. The fourth-order valence-electron chi connectivity index (χ4n) is 2.52. The third kappa shape index (κ3) is 4.81. The van der Waals surface area contributed by atoms with E-state index in [1.807, 2.05) is 7.05 Å². The average molecular weight is 238 g/mol. The van der Waals surface area contributed by atoms with Gasteiger partial charge < -0.3 is 5.32 Å². The summed E-state index contributed by atoms with van der Waals surface area (Å²) >= 11 is 0. The van der Waals surface area contributed by atoms with E-state index in [0.29, 0.717) is 5.41 Å². The fraction of sp³-hybridized carbons (Fsp3) is 0.867. The van der Waals surface area contributed by atoms with Crippen molar-refractivity contribution in [3.8, 4) is 0 Å². The molecule has 0 saturated heterocycles. The summed E-state index contributed by atoms with van der Waals surface area (Å²) in [5.41, 5.74) is 2.00. The average Bonchev–Trinajstić information content (AvgIpc) is 2.28. The quantitative estimate of drug-likeness (QED) is 0.585. The van der Waals surface area contributed by atoms with Crippen molar-refractivity contribution in [2.24, 2.45) is 5.41 Å². The maximum Gasteiger partial charge on any atom is 0.0168 e. The van der Waals surface area contributed by atoms with Crippen LogP contribution in [0.2, 0.25) is 0 Å². The van der Waals surface area contributed by atoms with Crippen LogP contribution in [0.3, 0.4) is 0 Å². The first kappa shape index (κ1) is 14.7. The molecule has 0 aromatic rings. The highest BCUT2D eigenvalue weighted by Crippen LogP contribution is 2.30. The summed E-state index contributed by atoms with van der Waals surface area (Å²) in [6, 6.07) is 0.723. The Labute approximate surface area is 107 Å². The van der Waals surface area contributed by atoms with Crippen molar-refractivity contribution in [3.05, 3.63) is 11.6 Å². The summed E-state index contributed by atoms with van der Waals surface area (Å²) in [6.45, 7) is 12.9. The van der Waals surface area contributed by atoms with Crippen molar-refractivity contribution in [1.29, 1.82) is 0 Å². The van der Waals surface area contributed by atoms with Gasteiger partial charge in [0.25, 0.3) is 0 Å². The molecule has 2 nitrogen and oxygen atoms in total. The second-order valence-electron chi connectivity index (χ2n) is 6.32. The van der Waals surface area contributed by atoms with Crippen LogP contribution in [0.1, 0.15) is 47.0 Å². The zero-order valence-electron chi connectivity index (χ0n) is 12.3. The van der Waals surface area contributed by atoms with Gasteiger partial charge in [-0.1, -0.05) is 32.4 Å². The van der Waals surface area contributed by atoms with Crippen LogP contribution in [0.25, 0.3) is 0 Å². The van der Waals surface area contributed by atoms with Crippen LogP contribution in [0.4, 0.5) is 0 Å². The van der Waals surface area contributed by atoms with E-state index >= 15 is 0 Å². The second kappa shape index (κ2) is 6.55. The number of rotatable bonds is 5. The lowest BCUT2D eigenvalue weighted by Gasteiger charge is -2.35. The van der Waals surface area contributed by atoms with Crippen LogP contribution in [0.5, 0.6) is 0 Å². The van der Waals surface area contributed by atoms with Gasteiger partial charge in [-0.25, -0.2) is 0 Å². The van der Waals surface area contributed by atoms with Crippen molar-refractivity contribution in [1.82, 2.24) is 10.2 Å². The molecule has 0 aromatic carbocycles. The maximum absolute atomic E-state index is 3.22. The largest absolute Gasteiger partial charge is 0.320 e. The van der Waals surface area contributed by atoms with Crippen LogP contribution in [0, 0.1) is 5.41 Å². The molecule has 2 heteroatoms. The summed E-state index contributed by atoms with van der Waals surface area (Å²) < 4.78 is 0. The first-order chi connectivity index (χ1) is 7.95. The molecule has 1 rings (SSSR count). The molecule has 0 amide bonds. The molecular formula is C15H30N2. The number of hydrogen-bond acceptors (Lipinski definition) is 2. The lowest BCUT2D eigenvalue weighted by Crippen LogP contribution is -2.38. The summed E-state index contributed by atoms with van der Waals surface area (Å²) in [5.74, 6) is 0. The van der Waals surface area contributed by atoms with Gasteiger partial charge in [-0.3, -0.25) is 4.90 Å². The minimum atomic E-state index is 0.363. The lowest BCUT2D eigenvalue weighted by molar-refractivity contribution is 0.204. The monoisotopic (exact) mass is 238 g/mol. The Morgan fingerprint density at radius 1 is 1.41 bits per heavy atom. The molecule has 1 atom stereocenters. The van der Waals surface area contributed by atoms with Crippen molar-refractivity contribution in [2.45, 2.75) is 53.0 Å². The predicted octanol–water partition coefficient (Wildman–Crippen LogP) is 3.05. The molecule has 0 fully saturated rings. The van der Waals surface area contributed by atoms with Crippen LogP contribution in [0.15, 0.2) is 11.6 Å². The predicted molar refractivity (Wildman–Crippen MR) is 76.4 cm³/mol. The minimum Gasteiger partial charge on any atom is -0.320 e. The topological polar surface area (TPSA) is 15.3 Å². The SMILES string of the molecule is CNCCCC(C)N1CC=C(C(C)(C)C)CC1. The molecular weight excluding hydrogens is 208 g/mol. The molecule has 0 bridgehead atoms. The van der Waals surface area contributed by atoms with Gasteiger partial charge in [-0.15, -0.1) is 0 Å². The molecule has 100 valence electrons. The van der Waals surface area contributed by atoms with Crippen LogP contribution >= 0.6 is 0 Å². The van der Waals surface area contributed by atoms with Crippen LogP contribution < -0.4 is 5.32 Å². The number of hydrogen-bond donors (Lipinski definition) is 1. The fourth-order valence-corrected chi connectivity index (χ4v) is 2.52. The van der Waals surface area contributed by atoms with Crippen molar-refractivity contribution < 1.29 is 0 Å². The van der Waals surface area contributed by atoms with E-state index in [9.17, 15) is 0 Å². The molecule has 0 aromatic heterocycles. The Morgan fingerprint density at radius 2 is 2.12 bits per heavy atom. The first-order valence-electron chi connectivity index (χ1n) is 7.03. The van der Waals surface area contributed by atoms with E-state index in [4.69, 9.17) is 0 Å². The van der Waals surface area contributed by atoms with Gasteiger partial charge in [0.2, 0.25) is 0 Å². The molecule has 1 aliphatic rings. The zero-order chi connectivity index (χ0) is 12.9. The molecule has 0 spiro atoms. The second-order valence-corrected chi connectivity index (χ2v) is 6.32. The van der Waals surface area contributed by atoms with Crippen molar-refractivity contribution >= 4 is 0 Å². The van der Waals surface area contributed by atoms with Crippen LogP contribution in [-0.4, -0.2) is 37.6 Å². The normalized spacial score (nSPS) is 20.2. The molecule has 0 saturated carbocycles. The van der Waals surface area contributed by atoms with E-state index < -0.39 is 0 Å². The molecule has 0 aliphatic carbocycles. The Kier molecular flexibility index (Phi) is 5.68. The number of nitrogens with one attached hydrogen (secondary N) is 1. The van der Waals surface area contributed by atoms with E-state index in [0.717, 1.165) is 19.1 Å². The summed E-state index contributed by atoms with van der Waals surface area (Å²) in [6.07, 6.45) is 6.29. The highest BCUT2D eigenvalue weighted by molar-refractivity contribution is 5.14. The molecule has 1 N–H and O–H groups in total. The molecule has 17 heavy (non-hydrogen) atoms. The zero-order valence-corrected chi connectivity index (χ0v) is 12.3. The third-order valence-electron chi connectivity index (χ3n) is 3.88. The van der Waals surface area contributed by atoms with Gasteiger partial charge in [0.15, 0.2) is 0 Å². The van der Waals surface area contributed by atoms with Gasteiger partial charge in [0.1, 0.15) is 0 Å². The Hall–Kier alpha value is -0.340. The molecule has 1 heterocycles. The molecule has 1 aliphatic heterocycles. The Balaban J connectivity index is 2.38. The van der Waals surface area contributed by atoms with Gasteiger partial charge >= 0.3 is 0 Å². The van der Waals surface area contributed by atoms with E-state index in [-0.39, 0.29) is 0 Å². The highest BCUT2D eigenvalue weighted by atomic mass is 15.1. The van der Waals surface area contributed by atoms with E-state index in [1.165, 1.54) is 25.8 Å². The van der Waals surface area contributed by atoms with Gasteiger partial charge in [0, 0.05) is 19.1 Å². The maximum atomic E-state index is 3.22. The third-order valence-corrected chi connectivity index (χ3v) is 3.88. The highest BCUT2D eigenvalue weighted by Gasteiger charge is 2.23. The smallest absolute Gasteiger partial charge is 0.0168 e. The molecule has 0 radical (unpaired) electrons. The summed E-state index contributed by atoms with van der Waals surface area (Å²) in [7, 11) is 2.03. The van der Waals surface area contributed by atoms with Gasteiger partial charge in [0.05, 0.1) is 0 Å². The Bertz CT molecular complexity index is 250. The number of nitrogens with zero attached hydrogens (tertiary/aromatic N) is 1. The molecule has 1 unspecified atom stereocenters. The van der Waals surface area contributed by atoms with E-state index in [2.05, 4.69) is 44.0 Å². The summed E-state index contributed by atoms with van der Waals surface area (Å²) in [5, 5.41) is 3.22. The van der Waals surface area contributed by atoms with E-state index in [1.54, 1.807) is 5.57 Å². The van der Waals surface area contributed by atoms with Gasteiger partial charge in [-0.2, -0.15) is 0 Å². The van der Waals surface area contributed by atoms with Crippen molar-refractivity contribution in [2.75, 3.05) is 26.7 Å². The lowest BCUT2D eigenvalue weighted by atomic mass is 9.82. The van der Waals surface area contributed by atoms with Gasteiger partial charge in [-0.05, 0) is 45.2 Å². The summed E-state index contributed by atoms with van der Waals surface area (Å²) in [4.78, 5) is 2.62. The Morgan fingerprint density at radius 3 is 2.59 bits per heavy atom. The van der Waals surface area contributed by atoms with Crippen LogP contribution in [-0.2, 0) is 0 Å².